The van der Waals surface area contributed by atoms with Gasteiger partial charge in [-0.2, -0.15) is 0 Å². The van der Waals surface area contributed by atoms with Crippen LogP contribution in [0, 0.1) is 0 Å². The fourth-order valence-corrected chi connectivity index (χ4v) is 1.87. The lowest BCUT2D eigenvalue weighted by Crippen LogP contribution is -2.43. The summed E-state index contributed by atoms with van der Waals surface area (Å²) in [4.78, 5) is 24.7. The van der Waals surface area contributed by atoms with Gasteiger partial charge in [0.1, 0.15) is 11.9 Å². The van der Waals surface area contributed by atoms with Crippen LogP contribution in [0.5, 0.6) is 0 Å². The average Bonchev–Trinajstić information content (AvgIpc) is 2.43. The number of halogens is 1. The van der Waals surface area contributed by atoms with E-state index in [0.29, 0.717) is 5.69 Å². The van der Waals surface area contributed by atoms with Crippen molar-refractivity contribution in [2.45, 2.75) is 25.6 Å². The number of hydrogen-bond acceptors (Lipinski definition) is 3. The lowest BCUT2D eigenvalue weighted by molar-refractivity contribution is -0.129. The zero-order valence-electron chi connectivity index (χ0n) is 10.9. The molecule has 0 aromatic heterocycles. The maximum atomic E-state index is 12.1. The molecule has 6 heteroatoms. The zero-order valence-corrected chi connectivity index (χ0v) is 11.6. The van der Waals surface area contributed by atoms with Crippen LogP contribution >= 0.6 is 11.6 Å². The summed E-state index contributed by atoms with van der Waals surface area (Å²) in [6.07, 6.45) is 0.720. The third-order valence-corrected chi connectivity index (χ3v) is 2.88. The average molecular weight is 285 g/mol. The van der Waals surface area contributed by atoms with Crippen molar-refractivity contribution in [3.8, 4) is 0 Å². The first-order chi connectivity index (χ1) is 9.01. The van der Waals surface area contributed by atoms with E-state index < -0.39 is 11.3 Å². The van der Waals surface area contributed by atoms with Crippen molar-refractivity contribution in [2.24, 2.45) is 0 Å². The summed E-state index contributed by atoms with van der Waals surface area (Å²) >= 11 is 5.81. The Labute approximate surface area is 117 Å². The third-order valence-electron chi connectivity index (χ3n) is 2.70. The molecule has 0 radical (unpaired) electrons. The first-order valence-corrected chi connectivity index (χ1v) is 6.41. The highest BCUT2D eigenvalue weighted by Gasteiger charge is 2.24. The summed E-state index contributed by atoms with van der Waals surface area (Å²) in [7, 11) is 0. The van der Waals surface area contributed by atoms with Gasteiger partial charge in [-0.15, -0.1) is 11.6 Å². The second-order valence-corrected chi connectivity index (χ2v) is 4.71. The van der Waals surface area contributed by atoms with Gasteiger partial charge in [-0.3, -0.25) is 14.8 Å². The smallest absolute Gasteiger partial charge is 0.263 e. The highest BCUT2D eigenvalue weighted by atomic mass is 35.5. The van der Waals surface area contributed by atoms with Crippen molar-refractivity contribution >= 4 is 29.1 Å². The van der Waals surface area contributed by atoms with Crippen molar-refractivity contribution in [3.63, 3.8) is 0 Å². The van der Waals surface area contributed by atoms with Gasteiger partial charge >= 0.3 is 0 Å². The molecule has 0 saturated heterocycles. The molecule has 1 aromatic carbocycles. The van der Waals surface area contributed by atoms with Gasteiger partial charge in [0.2, 0.25) is 5.91 Å². The van der Waals surface area contributed by atoms with E-state index in [9.17, 15) is 9.59 Å². The Kier molecular flexibility index (Phi) is 5.79. The summed E-state index contributed by atoms with van der Waals surface area (Å²) in [5, 5.41) is 7.85. The molecule has 19 heavy (non-hydrogen) atoms. The topological polar surface area (TPSA) is 69.6 Å². The van der Waals surface area contributed by atoms with Crippen LogP contribution in [0.1, 0.15) is 19.4 Å². The molecule has 1 rings (SSSR count). The monoisotopic (exact) mass is 284 g/mol. The Morgan fingerprint density at radius 3 is 2.58 bits per heavy atom. The predicted molar refractivity (Wildman–Crippen MR) is 73.4 cm³/mol. The minimum Gasteiger partial charge on any atom is -0.301 e. The maximum Gasteiger partial charge on any atom is 0.263 e. The Bertz CT molecular complexity index is 463. The molecule has 0 aliphatic heterocycles. The normalized spacial score (nSPS) is 11.8. The number of benzene rings is 1. The summed E-state index contributed by atoms with van der Waals surface area (Å²) in [5.41, 5.74) is 3.08. The van der Waals surface area contributed by atoms with E-state index in [1.165, 1.54) is 10.4 Å². The van der Waals surface area contributed by atoms with Gasteiger partial charge in [0.25, 0.3) is 5.91 Å². The number of amides is 2. The summed E-state index contributed by atoms with van der Waals surface area (Å²) in [6.45, 7) is 3.23. The molecule has 1 unspecified atom stereocenters. The molecule has 0 heterocycles. The molecule has 0 spiro atoms. The highest BCUT2D eigenvalue weighted by Crippen LogP contribution is 2.22. The number of nitrogens with zero attached hydrogens (tertiary/aromatic N) is 1. The van der Waals surface area contributed by atoms with E-state index in [4.69, 9.17) is 16.8 Å². The van der Waals surface area contributed by atoms with E-state index >= 15 is 0 Å². The standard InChI is InChI=1S/C13H17ClN2O3/c1-3-10-6-4-5-7-11(10)16(8-12(17)15-19)13(18)9(2)14/h4-7,9,19H,3,8H2,1-2H3,(H,15,17). The number of anilines is 1. The van der Waals surface area contributed by atoms with Gasteiger partial charge < -0.3 is 4.90 Å². The minimum absolute atomic E-state index is 0.274. The van der Waals surface area contributed by atoms with Gasteiger partial charge in [0, 0.05) is 5.69 Å². The van der Waals surface area contributed by atoms with E-state index in [-0.39, 0.29) is 12.5 Å². The van der Waals surface area contributed by atoms with E-state index in [2.05, 4.69) is 0 Å². The molecule has 5 nitrogen and oxygen atoms in total. The van der Waals surface area contributed by atoms with Crippen molar-refractivity contribution < 1.29 is 14.8 Å². The minimum atomic E-state index is -0.753. The van der Waals surface area contributed by atoms with E-state index in [1.54, 1.807) is 19.1 Å². The molecule has 0 aliphatic rings. The van der Waals surface area contributed by atoms with Gasteiger partial charge in [-0.1, -0.05) is 25.1 Å². The number of alkyl halides is 1. The van der Waals surface area contributed by atoms with Crippen LogP contribution in [-0.4, -0.2) is 28.9 Å². The van der Waals surface area contributed by atoms with Gasteiger partial charge in [0.05, 0.1) is 0 Å². The SMILES string of the molecule is CCc1ccccc1N(CC(=O)NO)C(=O)C(C)Cl. The Hall–Kier alpha value is -1.59. The molecule has 0 aliphatic carbocycles. The Morgan fingerprint density at radius 2 is 2.05 bits per heavy atom. The maximum absolute atomic E-state index is 12.1. The summed E-state index contributed by atoms with van der Waals surface area (Å²) in [5.74, 6) is -1.05. The fourth-order valence-electron chi connectivity index (χ4n) is 1.75. The lowest BCUT2D eigenvalue weighted by Gasteiger charge is -2.25. The molecule has 1 aromatic rings. The number of rotatable bonds is 5. The number of nitrogens with one attached hydrogen (secondary N) is 1. The van der Waals surface area contributed by atoms with E-state index in [1.807, 2.05) is 19.1 Å². The number of hydroxylamine groups is 1. The van der Waals surface area contributed by atoms with Crippen LogP contribution in [-0.2, 0) is 16.0 Å². The quantitative estimate of drug-likeness (QED) is 0.491. The van der Waals surface area contributed by atoms with Gasteiger partial charge in [-0.25, -0.2) is 5.48 Å². The zero-order chi connectivity index (χ0) is 14.4. The first kappa shape index (κ1) is 15.5. The van der Waals surface area contributed by atoms with Crippen LogP contribution in [0.3, 0.4) is 0 Å². The van der Waals surface area contributed by atoms with Gasteiger partial charge in [-0.05, 0) is 25.0 Å². The van der Waals surface area contributed by atoms with Crippen LogP contribution in [0.2, 0.25) is 0 Å². The van der Waals surface area contributed by atoms with Gasteiger partial charge in [0.15, 0.2) is 0 Å². The van der Waals surface area contributed by atoms with Crippen LogP contribution in [0.15, 0.2) is 24.3 Å². The lowest BCUT2D eigenvalue weighted by atomic mass is 10.1. The molecular weight excluding hydrogens is 268 g/mol. The molecule has 2 N–H and O–H groups in total. The number of para-hydroxylation sites is 1. The van der Waals surface area contributed by atoms with Crippen LogP contribution in [0.4, 0.5) is 5.69 Å². The molecule has 104 valence electrons. The summed E-state index contributed by atoms with van der Waals surface area (Å²) in [6, 6.07) is 7.28. The van der Waals surface area contributed by atoms with Crippen LogP contribution < -0.4 is 10.4 Å². The molecular formula is C13H17ClN2O3. The summed E-state index contributed by atoms with van der Waals surface area (Å²) < 4.78 is 0. The Morgan fingerprint density at radius 1 is 1.42 bits per heavy atom. The molecule has 1 atom stereocenters. The largest absolute Gasteiger partial charge is 0.301 e. The van der Waals surface area contributed by atoms with Crippen molar-refractivity contribution in [3.05, 3.63) is 29.8 Å². The fraction of sp³-hybridized carbons (Fsp3) is 0.385. The van der Waals surface area contributed by atoms with Crippen molar-refractivity contribution in [1.82, 2.24) is 5.48 Å². The van der Waals surface area contributed by atoms with E-state index in [0.717, 1.165) is 12.0 Å². The third kappa shape index (κ3) is 3.94. The van der Waals surface area contributed by atoms with Crippen molar-refractivity contribution in [1.29, 1.82) is 0 Å². The number of hydrogen-bond donors (Lipinski definition) is 2. The molecule has 0 saturated carbocycles. The molecule has 2 amide bonds. The van der Waals surface area contributed by atoms with Crippen LogP contribution in [0.25, 0.3) is 0 Å². The number of carbonyl (C=O) groups is 2. The first-order valence-electron chi connectivity index (χ1n) is 5.97. The second-order valence-electron chi connectivity index (χ2n) is 4.06. The Balaban J connectivity index is 3.15. The predicted octanol–water partition coefficient (Wildman–Crippen LogP) is 1.71. The highest BCUT2D eigenvalue weighted by molar-refractivity contribution is 6.32. The molecule has 0 fully saturated rings. The van der Waals surface area contributed by atoms with Crippen molar-refractivity contribution in [2.75, 3.05) is 11.4 Å². The second kappa shape index (κ2) is 7.11. The molecule has 0 bridgehead atoms. The number of aryl methyl sites for hydroxylation is 1. The number of carbonyl (C=O) groups excluding carboxylic acids is 2.